The summed E-state index contributed by atoms with van der Waals surface area (Å²) in [5, 5.41) is 9.48. The van der Waals surface area contributed by atoms with Gasteiger partial charge in [-0.25, -0.2) is 0 Å². The summed E-state index contributed by atoms with van der Waals surface area (Å²) >= 11 is 0. The van der Waals surface area contributed by atoms with Crippen molar-refractivity contribution in [3.63, 3.8) is 0 Å². The van der Waals surface area contributed by atoms with E-state index in [-0.39, 0.29) is 18.1 Å². The number of aliphatic hydroxyl groups excluding tert-OH is 1. The van der Waals surface area contributed by atoms with Crippen LogP contribution in [0.2, 0.25) is 0 Å². The Morgan fingerprint density at radius 2 is 1.89 bits per heavy atom. The molecule has 0 saturated heterocycles. The normalized spacial score (nSPS) is 18.3. The van der Waals surface area contributed by atoms with Crippen molar-refractivity contribution >= 4 is 0 Å². The zero-order valence-corrected chi connectivity index (χ0v) is 11.2. The van der Waals surface area contributed by atoms with Crippen molar-refractivity contribution in [2.24, 2.45) is 11.1 Å². The van der Waals surface area contributed by atoms with E-state index >= 15 is 0 Å². The Balaban J connectivity index is 2.42. The molecule has 18 heavy (non-hydrogen) atoms. The predicted molar refractivity (Wildman–Crippen MR) is 70.0 cm³/mol. The van der Waals surface area contributed by atoms with E-state index in [1.165, 1.54) is 0 Å². The summed E-state index contributed by atoms with van der Waals surface area (Å²) in [5.41, 5.74) is 8.05. The molecule has 0 spiro atoms. The maximum Gasteiger partial charge on any atom is 0.124 e. The van der Waals surface area contributed by atoms with Crippen LogP contribution in [-0.2, 0) is 0 Å². The number of benzene rings is 1. The van der Waals surface area contributed by atoms with Gasteiger partial charge in [0.25, 0.3) is 0 Å². The van der Waals surface area contributed by atoms with Crippen LogP contribution in [0.15, 0.2) is 12.1 Å². The molecule has 1 fully saturated rings. The third kappa shape index (κ3) is 2.06. The molecule has 1 unspecified atom stereocenters. The van der Waals surface area contributed by atoms with E-state index in [0.717, 1.165) is 35.5 Å². The largest absolute Gasteiger partial charge is 0.496 e. The summed E-state index contributed by atoms with van der Waals surface area (Å²) in [4.78, 5) is 0. The highest BCUT2D eigenvalue weighted by atomic mass is 16.5. The maximum absolute atomic E-state index is 9.48. The molecule has 0 heterocycles. The number of aryl methyl sites for hydroxylation is 1. The molecule has 3 N–H and O–H groups in total. The van der Waals surface area contributed by atoms with Crippen LogP contribution in [0.4, 0.5) is 0 Å². The first-order valence-corrected chi connectivity index (χ1v) is 6.17. The number of rotatable bonds is 5. The fourth-order valence-corrected chi connectivity index (χ4v) is 2.37. The van der Waals surface area contributed by atoms with Crippen LogP contribution in [0.3, 0.4) is 0 Å². The molecule has 4 heteroatoms. The Kier molecular flexibility index (Phi) is 3.50. The topological polar surface area (TPSA) is 64.7 Å². The molecule has 1 aliphatic carbocycles. The molecule has 1 saturated carbocycles. The molecule has 0 aliphatic heterocycles. The second-order valence-electron chi connectivity index (χ2n) is 5.06. The minimum absolute atomic E-state index is 0.119. The Morgan fingerprint density at radius 3 is 2.33 bits per heavy atom. The molecular formula is C14H21NO3. The van der Waals surface area contributed by atoms with Gasteiger partial charge in [0.05, 0.1) is 20.8 Å². The lowest BCUT2D eigenvalue weighted by atomic mass is 9.90. The van der Waals surface area contributed by atoms with Crippen LogP contribution < -0.4 is 15.2 Å². The lowest BCUT2D eigenvalue weighted by Crippen LogP contribution is -2.26. The Bertz CT molecular complexity index is 441. The van der Waals surface area contributed by atoms with Crippen LogP contribution >= 0.6 is 0 Å². The average Bonchev–Trinajstić information content (AvgIpc) is 3.18. The maximum atomic E-state index is 9.48. The third-order valence-corrected chi connectivity index (χ3v) is 3.95. The van der Waals surface area contributed by atoms with Crippen LogP contribution in [-0.4, -0.2) is 25.9 Å². The second-order valence-corrected chi connectivity index (χ2v) is 5.06. The van der Waals surface area contributed by atoms with Crippen LogP contribution in [0.5, 0.6) is 11.5 Å². The van der Waals surface area contributed by atoms with E-state index in [2.05, 4.69) is 0 Å². The Labute approximate surface area is 108 Å². The number of methoxy groups -OCH3 is 2. The quantitative estimate of drug-likeness (QED) is 0.837. The van der Waals surface area contributed by atoms with Crippen molar-refractivity contribution in [3.05, 3.63) is 23.3 Å². The van der Waals surface area contributed by atoms with Gasteiger partial charge in [-0.15, -0.1) is 0 Å². The molecule has 4 nitrogen and oxygen atoms in total. The van der Waals surface area contributed by atoms with E-state index in [1.54, 1.807) is 14.2 Å². The van der Waals surface area contributed by atoms with Gasteiger partial charge in [-0.3, -0.25) is 0 Å². The van der Waals surface area contributed by atoms with Crippen molar-refractivity contribution in [2.75, 3.05) is 20.8 Å². The zero-order valence-electron chi connectivity index (χ0n) is 11.2. The van der Waals surface area contributed by atoms with Gasteiger partial charge in [0.2, 0.25) is 0 Å². The SMILES string of the molecule is COc1cc(C(N)C2(CO)CC2)c(OC)cc1C. The van der Waals surface area contributed by atoms with E-state index in [0.29, 0.717) is 0 Å². The van der Waals surface area contributed by atoms with Crippen molar-refractivity contribution < 1.29 is 14.6 Å². The first-order valence-electron chi connectivity index (χ1n) is 6.17. The summed E-state index contributed by atoms with van der Waals surface area (Å²) in [6.45, 7) is 2.09. The average molecular weight is 251 g/mol. The van der Waals surface area contributed by atoms with Crippen molar-refractivity contribution in [2.45, 2.75) is 25.8 Å². The van der Waals surface area contributed by atoms with Gasteiger partial charge in [-0.1, -0.05) is 0 Å². The minimum Gasteiger partial charge on any atom is -0.496 e. The highest BCUT2D eigenvalue weighted by Crippen LogP contribution is 2.55. The number of hydrogen-bond donors (Lipinski definition) is 2. The Hall–Kier alpha value is -1.26. The third-order valence-electron chi connectivity index (χ3n) is 3.95. The van der Waals surface area contributed by atoms with Crippen LogP contribution in [0.1, 0.15) is 30.0 Å². The number of nitrogens with two attached hydrogens (primary N) is 1. The summed E-state index contributed by atoms with van der Waals surface area (Å²) in [6.07, 6.45) is 1.92. The van der Waals surface area contributed by atoms with Gasteiger partial charge >= 0.3 is 0 Å². The van der Waals surface area contributed by atoms with Crippen LogP contribution in [0.25, 0.3) is 0 Å². The second kappa shape index (κ2) is 4.78. The summed E-state index contributed by atoms with van der Waals surface area (Å²) in [6, 6.07) is 3.64. The molecule has 1 aromatic rings. The van der Waals surface area contributed by atoms with Gasteiger partial charge in [0.15, 0.2) is 0 Å². The lowest BCUT2D eigenvalue weighted by Gasteiger charge is -2.24. The lowest BCUT2D eigenvalue weighted by molar-refractivity contribution is 0.186. The smallest absolute Gasteiger partial charge is 0.124 e. The van der Waals surface area contributed by atoms with Crippen molar-refractivity contribution in [1.29, 1.82) is 0 Å². The molecule has 100 valence electrons. The first-order chi connectivity index (χ1) is 8.57. The van der Waals surface area contributed by atoms with Crippen LogP contribution in [0, 0.1) is 12.3 Å². The molecule has 0 bridgehead atoms. The van der Waals surface area contributed by atoms with Gasteiger partial charge in [0, 0.05) is 17.0 Å². The van der Waals surface area contributed by atoms with Gasteiger partial charge < -0.3 is 20.3 Å². The number of ether oxygens (including phenoxy) is 2. The minimum atomic E-state index is -0.216. The molecule has 0 aromatic heterocycles. The van der Waals surface area contributed by atoms with Gasteiger partial charge in [-0.05, 0) is 37.5 Å². The van der Waals surface area contributed by atoms with E-state index < -0.39 is 0 Å². The molecular weight excluding hydrogens is 230 g/mol. The molecule has 0 amide bonds. The summed E-state index contributed by atoms with van der Waals surface area (Å²) < 4.78 is 10.7. The highest BCUT2D eigenvalue weighted by molar-refractivity contribution is 5.48. The summed E-state index contributed by atoms with van der Waals surface area (Å²) in [5.74, 6) is 1.57. The van der Waals surface area contributed by atoms with E-state index in [9.17, 15) is 5.11 Å². The van der Waals surface area contributed by atoms with E-state index in [4.69, 9.17) is 15.2 Å². The first kappa shape index (κ1) is 13.2. The molecule has 2 rings (SSSR count). The van der Waals surface area contributed by atoms with Crippen molar-refractivity contribution in [1.82, 2.24) is 0 Å². The Morgan fingerprint density at radius 1 is 1.28 bits per heavy atom. The summed E-state index contributed by atoms with van der Waals surface area (Å²) in [7, 11) is 3.28. The zero-order chi connectivity index (χ0) is 13.3. The van der Waals surface area contributed by atoms with Gasteiger partial charge in [0.1, 0.15) is 11.5 Å². The molecule has 1 aromatic carbocycles. The highest BCUT2D eigenvalue weighted by Gasteiger charge is 2.48. The molecule has 1 aliphatic rings. The van der Waals surface area contributed by atoms with Crippen molar-refractivity contribution in [3.8, 4) is 11.5 Å². The van der Waals surface area contributed by atoms with E-state index in [1.807, 2.05) is 19.1 Å². The molecule has 0 radical (unpaired) electrons. The fraction of sp³-hybridized carbons (Fsp3) is 0.571. The van der Waals surface area contributed by atoms with Gasteiger partial charge in [-0.2, -0.15) is 0 Å². The monoisotopic (exact) mass is 251 g/mol. The molecule has 1 atom stereocenters. The number of hydrogen-bond acceptors (Lipinski definition) is 4. The fourth-order valence-electron chi connectivity index (χ4n) is 2.37. The number of aliphatic hydroxyl groups is 1. The standard InChI is InChI=1S/C14H21NO3/c1-9-6-12(18-3)10(7-11(9)17-2)13(15)14(8-16)4-5-14/h6-7,13,16H,4-5,8,15H2,1-3H3. The predicted octanol–water partition coefficient (Wildman–Crippen LogP) is 1.78.